The first kappa shape index (κ1) is 17.7. The Labute approximate surface area is 160 Å². The quantitative estimate of drug-likeness (QED) is 0.557. The Balaban J connectivity index is 1.48. The number of amides is 1. The van der Waals surface area contributed by atoms with Crippen LogP contribution in [0.5, 0.6) is 0 Å². The zero-order valence-corrected chi connectivity index (χ0v) is 15.1. The number of rotatable bonds is 5. The highest BCUT2D eigenvalue weighted by Crippen LogP contribution is 2.22. The van der Waals surface area contributed by atoms with Crippen molar-refractivity contribution in [2.24, 2.45) is 0 Å². The molecule has 0 saturated heterocycles. The number of nitrogens with one attached hydrogen (secondary N) is 1. The summed E-state index contributed by atoms with van der Waals surface area (Å²) >= 11 is 0. The average molecular weight is 376 g/mol. The lowest BCUT2D eigenvalue weighted by Gasteiger charge is -2.01. The minimum Gasteiger partial charge on any atom is -0.338 e. The third kappa shape index (κ3) is 3.68. The second-order valence-corrected chi connectivity index (χ2v) is 6.21. The molecule has 2 aromatic heterocycles. The largest absolute Gasteiger partial charge is 0.338 e. The summed E-state index contributed by atoms with van der Waals surface area (Å²) < 4.78 is 20.0. The van der Waals surface area contributed by atoms with Gasteiger partial charge in [0.1, 0.15) is 11.5 Å². The van der Waals surface area contributed by atoms with Crippen molar-refractivity contribution in [3.8, 4) is 16.9 Å². The molecule has 0 aliphatic rings. The average Bonchev–Trinajstić information content (AvgIpc) is 3.38. The first-order valence-corrected chi connectivity index (χ1v) is 8.81. The molecule has 0 aliphatic carbocycles. The fraction of sp³-hybridized carbons (Fsp3) is 0.0952. The molecule has 2 aromatic carbocycles. The van der Waals surface area contributed by atoms with Gasteiger partial charge in [-0.15, -0.1) is 0 Å². The number of hydrogen-bond acceptors (Lipinski definition) is 4. The van der Waals surface area contributed by atoms with Gasteiger partial charge in [0.15, 0.2) is 5.69 Å². The maximum atomic E-state index is 13.4. The number of aryl methyl sites for hydroxylation is 1. The van der Waals surface area contributed by atoms with E-state index in [2.05, 4.69) is 22.5 Å². The summed E-state index contributed by atoms with van der Waals surface area (Å²) in [7, 11) is 0. The van der Waals surface area contributed by atoms with Crippen molar-refractivity contribution < 1.29 is 13.7 Å². The Morgan fingerprint density at radius 2 is 1.96 bits per heavy atom. The molecule has 0 saturated carbocycles. The summed E-state index contributed by atoms with van der Waals surface area (Å²) in [6, 6.07) is 17.1. The molecule has 0 unspecified atom stereocenters. The van der Waals surface area contributed by atoms with Gasteiger partial charge < -0.3 is 4.52 Å². The van der Waals surface area contributed by atoms with Crippen molar-refractivity contribution >= 4 is 11.8 Å². The summed E-state index contributed by atoms with van der Waals surface area (Å²) in [5.74, 6) is -0.598. The van der Waals surface area contributed by atoms with Gasteiger partial charge in [0.05, 0.1) is 5.69 Å². The molecule has 140 valence electrons. The predicted octanol–water partition coefficient (Wildman–Crippen LogP) is 4.48. The van der Waals surface area contributed by atoms with E-state index < -0.39 is 5.91 Å². The van der Waals surface area contributed by atoms with E-state index in [4.69, 9.17) is 4.52 Å². The first-order valence-electron chi connectivity index (χ1n) is 8.81. The molecule has 0 bridgehead atoms. The molecule has 1 N–H and O–H groups in total. The van der Waals surface area contributed by atoms with Gasteiger partial charge in [-0.1, -0.05) is 42.4 Å². The molecule has 0 radical (unpaired) electrons. The SMILES string of the molecule is CCc1ccc(-c2cc(NC(=O)c3ccn(-c4cccc(F)c4)n3)on2)cc1. The maximum Gasteiger partial charge on any atom is 0.278 e. The van der Waals surface area contributed by atoms with Crippen LogP contribution in [0.4, 0.5) is 10.3 Å². The van der Waals surface area contributed by atoms with Gasteiger partial charge in [-0.3, -0.25) is 10.1 Å². The summed E-state index contributed by atoms with van der Waals surface area (Å²) in [5, 5.41) is 10.8. The Hall–Kier alpha value is -3.74. The van der Waals surface area contributed by atoms with E-state index >= 15 is 0 Å². The summed E-state index contributed by atoms with van der Waals surface area (Å²) in [6.45, 7) is 2.09. The molecule has 28 heavy (non-hydrogen) atoms. The van der Waals surface area contributed by atoms with Crippen LogP contribution in [0.1, 0.15) is 23.0 Å². The third-order valence-corrected chi connectivity index (χ3v) is 4.30. The number of carbonyl (C=O) groups is 1. The van der Waals surface area contributed by atoms with Crippen LogP contribution >= 0.6 is 0 Å². The number of benzene rings is 2. The van der Waals surface area contributed by atoms with Crippen LogP contribution in [0.3, 0.4) is 0 Å². The van der Waals surface area contributed by atoms with Gasteiger partial charge in [0.25, 0.3) is 5.91 Å². The lowest BCUT2D eigenvalue weighted by molar-refractivity contribution is 0.101. The van der Waals surface area contributed by atoms with Crippen molar-refractivity contribution in [1.29, 1.82) is 0 Å². The number of aromatic nitrogens is 3. The molecule has 2 heterocycles. The Kier molecular flexibility index (Phi) is 4.72. The van der Waals surface area contributed by atoms with Crippen LogP contribution in [0.15, 0.2) is 71.4 Å². The second-order valence-electron chi connectivity index (χ2n) is 6.21. The summed E-state index contributed by atoms with van der Waals surface area (Å²) in [5.41, 5.74) is 3.46. The molecule has 0 atom stereocenters. The van der Waals surface area contributed by atoms with E-state index in [-0.39, 0.29) is 17.4 Å². The first-order chi connectivity index (χ1) is 13.6. The molecular formula is C21H17FN4O2. The number of hydrogen-bond donors (Lipinski definition) is 1. The molecule has 7 heteroatoms. The van der Waals surface area contributed by atoms with E-state index in [1.165, 1.54) is 22.4 Å². The van der Waals surface area contributed by atoms with Crippen LogP contribution in [0.25, 0.3) is 16.9 Å². The summed E-state index contributed by atoms with van der Waals surface area (Å²) in [6.07, 6.45) is 2.55. The molecule has 4 aromatic rings. The standard InChI is InChI=1S/C21H17FN4O2/c1-2-14-6-8-15(9-7-14)19-13-20(28-25-19)23-21(27)18-10-11-26(24-18)17-5-3-4-16(22)12-17/h3-13H,2H2,1H3,(H,23,27). The molecule has 0 aliphatic heterocycles. The normalized spacial score (nSPS) is 10.8. The van der Waals surface area contributed by atoms with Crippen LogP contribution in [0, 0.1) is 5.82 Å². The fourth-order valence-corrected chi connectivity index (χ4v) is 2.76. The van der Waals surface area contributed by atoms with E-state index in [9.17, 15) is 9.18 Å². The van der Waals surface area contributed by atoms with E-state index in [0.717, 1.165) is 12.0 Å². The fourth-order valence-electron chi connectivity index (χ4n) is 2.76. The van der Waals surface area contributed by atoms with Gasteiger partial charge >= 0.3 is 0 Å². The number of anilines is 1. The van der Waals surface area contributed by atoms with Crippen LogP contribution < -0.4 is 5.32 Å². The second kappa shape index (κ2) is 7.48. The van der Waals surface area contributed by atoms with Gasteiger partial charge in [0.2, 0.25) is 5.88 Å². The van der Waals surface area contributed by atoms with E-state index in [1.807, 2.05) is 24.3 Å². The monoisotopic (exact) mass is 376 g/mol. The predicted molar refractivity (Wildman–Crippen MR) is 103 cm³/mol. The zero-order chi connectivity index (χ0) is 19.5. The van der Waals surface area contributed by atoms with Crippen molar-refractivity contribution in [1.82, 2.24) is 14.9 Å². The van der Waals surface area contributed by atoms with E-state index in [1.54, 1.807) is 30.5 Å². The zero-order valence-electron chi connectivity index (χ0n) is 15.1. The van der Waals surface area contributed by atoms with Crippen molar-refractivity contribution in [2.45, 2.75) is 13.3 Å². The van der Waals surface area contributed by atoms with Gasteiger partial charge in [-0.2, -0.15) is 5.10 Å². The lowest BCUT2D eigenvalue weighted by atomic mass is 10.1. The molecule has 1 amide bonds. The number of halogens is 1. The van der Waals surface area contributed by atoms with Crippen molar-refractivity contribution in [2.75, 3.05) is 5.32 Å². The van der Waals surface area contributed by atoms with Crippen molar-refractivity contribution in [3.05, 3.63) is 83.9 Å². The highest BCUT2D eigenvalue weighted by atomic mass is 19.1. The number of carbonyl (C=O) groups excluding carboxylic acids is 1. The molecule has 0 fully saturated rings. The molecule has 4 rings (SSSR count). The van der Waals surface area contributed by atoms with Crippen LogP contribution in [0.2, 0.25) is 0 Å². The number of nitrogens with zero attached hydrogens (tertiary/aromatic N) is 3. The minimum absolute atomic E-state index is 0.175. The topological polar surface area (TPSA) is 73.0 Å². The third-order valence-electron chi connectivity index (χ3n) is 4.30. The van der Waals surface area contributed by atoms with Crippen molar-refractivity contribution in [3.63, 3.8) is 0 Å². The molecular weight excluding hydrogens is 359 g/mol. The minimum atomic E-state index is -0.445. The van der Waals surface area contributed by atoms with Crippen LogP contribution in [-0.2, 0) is 6.42 Å². The highest BCUT2D eigenvalue weighted by Gasteiger charge is 2.14. The highest BCUT2D eigenvalue weighted by molar-refractivity contribution is 6.02. The van der Waals surface area contributed by atoms with Gasteiger partial charge in [0, 0.05) is 17.8 Å². The smallest absolute Gasteiger partial charge is 0.278 e. The Bertz CT molecular complexity index is 1120. The summed E-state index contributed by atoms with van der Waals surface area (Å²) in [4.78, 5) is 12.4. The molecule has 0 spiro atoms. The lowest BCUT2D eigenvalue weighted by Crippen LogP contribution is -2.12. The van der Waals surface area contributed by atoms with E-state index in [0.29, 0.717) is 11.4 Å². The maximum absolute atomic E-state index is 13.4. The molecule has 6 nitrogen and oxygen atoms in total. The van der Waals surface area contributed by atoms with Gasteiger partial charge in [-0.25, -0.2) is 9.07 Å². The van der Waals surface area contributed by atoms with Crippen LogP contribution in [-0.4, -0.2) is 20.8 Å². The Morgan fingerprint density at radius 3 is 2.71 bits per heavy atom. The Morgan fingerprint density at radius 1 is 1.14 bits per heavy atom. The van der Waals surface area contributed by atoms with Gasteiger partial charge in [-0.05, 0) is 36.2 Å².